The van der Waals surface area contributed by atoms with Crippen molar-refractivity contribution in [3.05, 3.63) is 44.3 Å². The molecule has 2 nitrogen and oxygen atoms in total. The second kappa shape index (κ2) is 5.26. The van der Waals surface area contributed by atoms with Crippen LogP contribution in [0.15, 0.2) is 29.0 Å². The maximum Gasteiger partial charge on any atom is 0.110 e. The van der Waals surface area contributed by atoms with E-state index < -0.39 is 0 Å². The topological polar surface area (TPSA) is 35.8 Å². The largest absolute Gasteiger partial charge is 0.305 e. The molecular weight excluding hydrogens is 236 g/mol. The lowest BCUT2D eigenvalue weighted by Crippen LogP contribution is -2.16. The van der Waals surface area contributed by atoms with Crippen molar-refractivity contribution in [2.75, 3.05) is 0 Å². The summed E-state index contributed by atoms with van der Waals surface area (Å²) in [5.41, 5.74) is 1.31. The number of nitriles is 1. The highest BCUT2D eigenvalue weighted by atomic mass is 32.1. The van der Waals surface area contributed by atoms with Gasteiger partial charge < -0.3 is 5.32 Å². The SMILES string of the molecule is CC(NCc1ccsc1)c1ccc(C#N)s1. The summed E-state index contributed by atoms with van der Waals surface area (Å²) in [6.45, 7) is 3.00. The number of nitrogens with zero attached hydrogens (tertiary/aromatic N) is 1. The Hall–Kier alpha value is -1.15. The maximum atomic E-state index is 8.75. The highest BCUT2D eigenvalue weighted by Crippen LogP contribution is 2.22. The van der Waals surface area contributed by atoms with Gasteiger partial charge in [0, 0.05) is 17.5 Å². The molecule has 0 aliphatic heterocycles. The van der Waals surface area contributed by atoms with Gasteiger partial charge in [-0.1, -0.05) is 0 Å². The smallest absolute Gasteiger partial charge is 0.110 e. The Morgan fingerprint density at radius 2 is 2.31 bits per heavy atom. The minimum absolute atomic E-state index is 0.298. The van der Waals surface area contributed by atoms with E-state index in [0.29, 0.717) is 6.04 Å². The van der Waals surface area contributed by atoms with Gasteiger partial charge in [0.15, 0.2) is 0 Å². The molecule has 0 bridgehead atoms. The molecule has 0 aliphatic carbocycles. The number of hydrogen-bond donors (Lipinski definition) is 1. The van der Waals surface area contributed by atoms with Crippen LogP contribution < -0.4 is 5.32 Å². The van der Waals surface area contributed by atoms with E-state index in [0.717, 1.165) is 11.4 Å². The molecular formula is C12H12N2S2. The third kappa shape index (κ3) is 2.70. The zero-order valence-electron chi connectivity index (χ0n) is 8.93. The Morgan fingerprint density at radius 3 is 2.94 bits per heavy atom. The molecule has 0 spiro atoms. The van der Waals surface area contributed by atoms with Crippen LogP contribution >= 0.6 is 22.7 Å². The first-order valence-corrected chi connectivity index (χ1v) is 6.80. The van der Waals surface area contributed by atoms with E-state index in [1.807, 2.05) is 12.1 Å². The second-order valence-electron chi connectivity index (χ2n) is 3.55. The van der Waals surface area contributed by atoms with Crippen molar-refractivity contribution < 1.29 is 0 Å². The van der Waals surface area contributed by atoms with Gasteiger partial charge in [-0.2, -0.15) is 16.6 Å². The van der Waals surface area contributed by atoms with E-state index >= 15 is 0 Å². The summed E-state index contributed by atoms with van der Waals surface area (Å²) in [5, 5.41) is 16.4. The number of nitrogens with one attached hydrogen (secondary N) is 1. The van der Waals surface area contributed by atoms with Crippen LogP contribution in [0.2, 0.25) is 0 Å². The predicted octanol–water partition coefficient (Wildman–Crippen LogP) is 3.53. The van der Waals surface area contributed by atoms with Crippen LogP contribution in [0, 0.1) is 11.3 Å². The zero-order chi connectivity index (χ0) is 11.4. The van der Waals surface area contributed by atoms with Crippen LogP contribution in [0.1, 0.15) is 28.3 Å². The molecule has 1 unspecified atom stereocenters. The van der Waals surface area contributed by atoms with Crippen LogP contribution in [0.5, 0.6) is 0 Å². The normalized spacial score (nSPS) is 12.2. The summed E-state index contributed by atoms with van der Waals surface area (Å²) < 4.78 is 0. The van der Waals surface area contributed by atoms with Gasteiger partial charge in [0.25, 0.3) is 0 Å². The molecule has 4 heteroatoms. The Balaban J connectivity index is 1.93. The van der Waals surface area contributed by atoms with Crippen molar-refractivity contribution in [2.45, 2.75) is 19.5 Å². The summed E-state index contributed by atoms with van der Waals surface area (Å²) in [6, 6.07) is 8.49. The van der Waals surface area contributed by atoms with Crippen LogP contribution in [0.4, 0.5) is 0 Å². The van der Waals surface area contributed by atoms with E-state index in [2.05, 4.69) is 35.1 Å². The third-order valence-electron chi connectivity index (χ3n) is 2.36. The lowest BCUT2D eigenvalue weighted by molar-refractivity contribution is 0.584. The monoisotopic (exact) mass is 248 g/mol. The first kappa shape index (κ1) is 11.3. The molecule has 2 heterocycles. The van der Waals surface area contributed by atoms with Crippen molar-refractivity contribution in [2.24, 2.45) is 0 Å². The van der Waals surface area contributed by atoms with Gasteiger partial charge in [-0.05, 0) is 41.4 Å². The van der Waals surface area contributed by atoms with Gasteiger partial charge in [-0.3, -0.25) is 0 Å². The molecule has 16 heavy (non-hydrogen) atoms. The van der Waals surface area contributed by atoms with E-state index in [1.165, 1.54) is 10.4 Å². The summed E-state index contributed by atoms with van der Waals surface area (Å²) in [5.74, 6) is 0. The van der Waals surface area contributed by atoms with E-state index in [-0.39, 0.29) is 0 Å². The van der Waals surface area contributed by atoms with Gasteiger partial charge in [0.2, 0.25) is 0 Å². The number of rotatable bonds is 4. The molecule has 0 amide bonds. The Bertz CT molecular complexity index is 479. The fourth-order valence-corrected chi connectivity index (χ4v) is 2.91. The first-order chi connectivity index (χ1) is 7.79. The maximum absolute atomic E-state index is 8.75. The third-order valence-corrected chi connectivity index (χ3v) is 4.26. The van der Waals surface area contributed by atoms with Crippen molar-refractivity contribution in [3.63, 3.8) is 0 Å². The average molecular weight is 248 g/mol. The molecule has 1 atom stereocenters. The van der Waals surface area contributed by atoms with Crippen molar-refractivity contribution in [1.29, 1.82) is 5.26 Å². The number of thiophene rings is 2. The molecule has 1 N–H and O–H groups in total. The van der Waals surface area contributed by atoms with E-state index in [4.69, 9.17) is 5.26 Å². The molecule has 2 aromatic heterocycles. The molecule has 82 valence electrons. The molecule has 0 aromatic carbocycles. The predicted molar refractivity (Wildman–Crippen MR) is 68.6 cm³/mol. The summed E-state index contributed by atoms with van der Waals surface area (Å²) >= 11 is 3.27. The van der Waals surface area contributed by atoms with Gasteiger partial charge in [-0.15, -0.1) is 11.3 Å². The minimum Gasteiger partial charge on any atom is -0.305 e. The zero-order valence-corrected chi connectivity index (χ0v) is 10.6. The van der Waals surface area contributed by atoms with Crippen LogP contribution in [-0.4, -0.2) is 0 Å². The van der Waals surface area contributed by atoms with Gasteiger partial charge in [-0.25, -0.2) is 0 Å². The summed E-state index contributed by atoms with van der Waals surface area (Å²) in [4.78, 5) is 1.99. The summed E-state index contributed by atoms with van der Waals surface area (Å²) in [6.07, 6.45) is 0. The van der Waals surface area contributed by atoms with Crippen LogP contribution in [0.25, 0.3) is 0 Å². The molecule has 0 radical (unpaired) electrons. The lowest BCUT2D eigenvalue weighted by atomic mass is 10.2. The van der Waals surface area contributed by atoms with Crippen molar-refractivity contribution in [3.8, 4) is 6.07 Å². The van der Waals surface area contributed by atoms with E-state index in [1.54, 1.807) is 22.7 Å². The molecule has 0 fully saturated rings. The fourth-order valence-electron chi connectivity index (χ4n) is 1.41. The number of hydrogen-bond acceptors (Lipinski definition) is 4. The molecule has 0 saturated heterocycles. The van der Waals surface area contributed by atoms with Gasteiger partial charge in [0.1, 0.15) is 10.9 Å². The Kier molecular flexibility index (Phi) is 3.73. The van der Waals surface area contributed by atoms with E-state index in [9.17, 15) is 0 Å². The van der Waals surface area contributed by atoms with Gasteiger partial charge in [0.05, 0.1) is 0 Å². The lowest BCUT2D eigenvalue weighted by Gasteiger charge is -2.10. The molecule has 0 aliphatic rings. The highest BCUT2D eigenvalue weighted by molar-refractivity contribution is 7.12. The van der Waals surface area contributed by atoms with Crippen LogP contribution in [0.3, 0.4) is 0 Å². The second-order valence-corrected chi connectivity index (χ2v) is 5.44. The standard InChI is InChI=1S/C12H12N2S2/c1-9(12-3-2-11(6-13)16-12)14-7-10-4-5-15-8-10/h2-5,8-9,14H,7H2,1H3. The van der Waals surface area contributed by atoms with Crippen molar-refractivity contribution in [1.82, 2.24) is 5.32 Å². The first-order valence-electron chi connectivity index (χ1n) is 5.04. The molecule has 2 aromatic rings. The molecule has 2 rings (SSSR count). The van der Waals surface area contributed by atoms with Crippen LogP contribution in [-0.2, 0) is 6.54 Å². The van der Waals surface area contributed by atoms with Gasteiger partial charge >= 0.3 is 0 Å². The minimum atomic E-state index is 0.298. The highest BCUT2D eigenvalue weighted by Gasteiger charge is 2.07. The average Bonchev–Trinajstić information content (AvgIpc) is 2.96. The quantitative estimate of drug-likeness (QED) is 0.898. The fraction of sp³-hybridized carbons (Fsp3) is 0.250. The van der Waals surface area contributed by atoms with Crippen molar-refractivity contribution >= 4 is 22.7 Å². The Labute approximate surface area is 103 Å². The summed E-state index contributed by atoms with van der Waals surface area (Å²) in [7, 11) is 0. The Morgan fingerprint density at radius 1 is 1.44 bits per heavy atom. The molecule has 0 saturated carbocycles.